The Kier molecular flexibility index (Phi) is 6.05. The smallest absolute Gasteiger partial charge is 0.222 e. The second kappa shape index (κ2) is 8.03. The molecule has 1 heterocycles. The molecule has 1 aromatic carbocycles. The van der Waals surface area contributed by atoms with Crippen LogP contribution >= 0.6 is 0 Å². The summed E-state index contributed by atoms with van der Waals surface area (Å²) in [5, 5.41) is 0. The Balaban J connectivity index is 1.76. The van der Waals surface area contributed by atoms with E-state index < -0.39 is 0 Å². The van der Waals surface area contributed by atoms with Crippen molar-refractivity contribution in [3.05, 3.63) is 29.8 Å². The van der Waals surface area contributed by atoms with Crippen LogP contribution in [0.15, 0.2) is 24.3 Å². The maximum Gasteiger partial charge on any atom is 0.222 e. The van der Waals surface area contributed by atoms with Gasteiger partial charge in [-0.25, -0.2) is 0 Å². The molecule has 1 amide bonds. The van der Waals surface area contributed by atoms with Gasteiger partial charge in [-0.05, 0) is 56.3 Å². The quantitative estimate of drug-likeness (QED) is 0.874. The summed E-state index contributed by atoms with van der Waals surface area (Å²) in [6, 6.07) is 8.02. The summed E-state index contributed by atoms with van der Waals surface area (Å²) in [7, 11) is 0. The highest BCUT2D eigenvalue weighted by Gasteiger charge is 2.21. The lowest BCUT2D eigenvalue weighted by molar-refractivity contribution is -0.132. The van der Waals surface area contributed by atoms with Crippen LogP contribution in [0.4, 0.5) is 0 Å². The van der Waals surface area contributed by atoms with Crippen LogP contribution in [0.25, 0.3) is 0 Å². The molecule has 0 unspecified atom stereocenters. The van der Waals surface area contributed by atoms with Crippen molar-refractivity contribution in [3.8, 4) is 5.75 Å². The summed E-state index contributed by atoms with van der Waals surface area (Å²) in [6.45, 7) is 5.12. The minimum absolute atomic E-state index is 0.263. The highest BCUT2D eigenvalue weighted by Crippen LogP contribution is 2.18. The van der Waals surface area contributed by atoms with Crippen molar-refractivity contribution in [2.24, 2.45) is 11.7 Å². The third kappa shape index (κ3) is 4.74. The predicted molar refractivity (Wildman–Crippen MR) is 84.3 cm³/mol. The number of benzene rings is 1. The van der Waals surface area contributed by atoms with E-state index in [0.29, 0.717) is 18.9 Å². The van der Waals surface area contributed by atoms with E-state index in [1.165, 1.54) is 5.56 Å². The van der Waals surface area contributed by atoms with Gasteiger partial charge < -0.3 is 15.4 Å². The highest BCUT2D eigenvalue weighted by atomic mass is 16.5. The van der Waals surface area contributed by atoms with Crippen molar-refractivity contribution in [2.75, 3.05) is 26.2 Å². The number of nitrogens with two attached hydrogens (primary N) is 1. The Hall–Kier alpha value is -1.55. The first-order valence-electron chi connectivity index (χ1n) is 7.92. The van der Waals surface area contributed by atoms with Gasteiger partial charge in [-0.2, -0.15) is 0 Å². The lowest BCUT2D eigenvalue weighted by Crippen LogP contribution is -2.40. The molecule has 1 saturated heterocycles. The molecule has 0 bridgehead atoms. The van der Waals surface area contributed by atoms with E-state index in [1.807, 2.05) is 36.1 Å². The predicted octanol–water partition coefficient (Wildman–Crippen LogP) is 2.22. The first kappa shape index (κ1) is 15.8. The van der Waals surface area contributed by atoms with E-state index in [-0.39, 0.29) is 5.91 Å². The number of hydrogen-bond donors (Lipinski definition) is 1. The maximum atomic E-state index is 12.2. The molecule has 1 fully saturated rings. The number of aryl methyl sites for hydroxylation is 1. The molecular weight excluding hydrogens is 264 g/mol. The molecule has 1 aliphatic rings. The van der Waals surface area contributed by atoms with E-state index in [0.717, 1.165) is 44.6 Å². The maximum absolute atomic E-state index is 12.2. The fourth-order valence-corrected chi connectivity index (χ4v) is 2.75. The van der Waals surface area contributed by atoms with Gasteiger partial charge in [-0.1, -0.05) is 12.1 Å². The molecular formula is C17H26N2O2. The van der Waals surface area contributed by atoms with Gasteiger partial charge in [0.1, 0.15) is 5.75 Å². The number of rotatable bonds is 6. The average Bonchev–Trinajstić information content (AvgIpc) is 2.54. The molecule has 0 aliphatic carbocycles. The van der Waals surface area contributed by atoms with E-state index in [9.17, 15) is 4.79 Å². The Morgan fingerprint density at radius 3 is 2.52 bits per heavy atom. The second-order valence-electron chi connectivity index (χ2n) is 5.64. The monoisotopic (exact) mass is 290 g/mol. The summed E-state index contributed by atoms with van der Waals surface area (Å²) < 4.78 is 5.42. The number of nitrogens with zero attached hydrogens (tertiary/aromatic N) is 1. The van der Waals surface area contributed by atoms with Crippen molar-refractivity contribution in [3.63, 3.8) is 0 Å². The number of likely N-dealkylation sites (tertiary alicyclic amines) is 1. The molecule has 0 aromatic heterocycles. The minimum atomic E-state index is 0.263. The van der Waals surface area contributed by atoms with Gasteiger partial charge >= 0.3 is 0 Å². The van der Waals surface area contributed by atoms with Crippen molar-refractivity contribution in [1.29, 1.82) is 0 Å². The number of carbonyl (C=O) groups excluding carboxylic acids is 1. The van der Waals surface area contributed by atoms with E-state index >= 15 is 0 Å². The van der Waals surface area contributed by atoms with Gasteiger partial charge in [-0.3, -0.25) is 4.79 Å². The Morgan fingerprint density at radius 1 is 1.29 bits per heavy atom. The fourth-order valence-electron chi connectivity index (χ4n) is 2.75. The molecule has 1 aromatic rings. The number of piperidine rings is 1. The largest absolute Gasteiger partial charge is 0.494 e. The summed E-state index contributed by atoms with van der Waals surface area (Å²) in [6.07, 6.45) is 3.47. The summed E-state index contributed by atoms with van der Waals surface area (Å²) in [5.74, 6) is 1.75. The van der Waals surface area contributed by atoms with E-state index in [1.54, 1.807) is 0 Å². The first-order chi connectivity index (χ1) is 10.2. The van der Waals surface area contributed by atoms with Crippen molar-refractivity contribution < 1.29 is 9.53 Å². The molecule has 116 valence electrons. The molecule has 0 saturated carbocycles. The lowest BCUT2D eigenvalue weighted by Gasteiger charge is -2.31. The highest BCUT2D eigenvalue weighted by molar-refractivity contribution is 5.76. The van der Waals surface area contributed by atoms with Crippen molar-refractivity contribution >= 4 is 5.91 Å². The molecule has 21 heavy (non-hydrogen) atoms. The average molecular weight is 290 g/mol. The van der Waals surface area contributed by atoms with Gasteiger partial charge in [0.05, 0.1) is 6.61 Å². The number of hydrogen-bond acceptors (Lipinski definition) is 3. The Bertz CT molecular complexity index is 437. The van der Waals surface area contributed by atoms with Crippen LogP contribution < -0.4 is 10.5 Å². The molecule has 0 atom stereocenters. The van der Waals surface area contributed by atoms with Gasteiger partial charge in [-0.15, -0.1) is 0 Å². The third-order valence-corrected chi connectivity index (χ3v) is 4.16. The lowest BCUT2D eigenvalue weighted by atomic mass is 9.96. The minimum Gasteiger partial charge on any atom is -0.494 e. The van der Waals surface area contributed by atoms with Crippen LogP contribution in [-0.2, 0) is 11.2 Å². The van der Waals surface area contributed by atoms with Crippen LogP contribution in [0.5, 0.6) is 5.75 Å². The van der Waals surface area contributed by atoms with Crippen molar-refractivity contribution in [2.45, 2.75) is 32.6 Å². The Morgan fingerprint density at radius 2 is 1.95 bits per heavy atom. The summed E-state index contributed by atoms with van der Waals surface area (Å²) in [5.41, 5.74) is 6.86. The summed E-state index contributed by atoms with van der Waals surface area (Å²) >= 11 is 0. The number of ether oxygens (including phenoxy) is 1. The molecule has 2 rings (SSSR count). The zero-order valence-electron chi connectivity index (χ0n) is 12.9. The molecule has 4 heteroatoms. The molecule has 2 N–H and O–H groups in total. The molecule has 4 nitrogen and oxygen atoms in total. The zero-order chi connectivity index (χ0) is 15.1. The van der Waals surface area contributed by atoms with Gasteiger partial charge in [0.2, 0.25) is 5.91 Å². The van der Waals surface area contributed by atoms with Crippen LogP contribution in [0.3, 0.4) is 0 Å². The fraction of sp³-hybridized carbons (Fsp3) is 0.588. The van der Waals surface area contributed by atoms with Crippen molar-refractivity contribution in [1.82, 2.24) is 4.90 Å². The normalized spacial score (nSPS) is 16.0. The topological polar surface area (TPSA) is 55.6 Å². The van der Waals surface area contributed by atoms with E-state index in [4.69, 9.17) is 10.5 Å². The second-order valence-corrected chi connectivity index (χ2v) is 5.64. The third-order valence-electron chi connectivity index (χ3n) is 4.16. The summed E-state index contributed by atoms with van der Waals surface area (Å²) in [4.78, 5) is 14.2. The van der Waals surface area contributed by atoms with Gasteiger partial charge in [0, 0.05) is 19.5 Å². The van der Waals surface area contributed by atoms with Gasteiger partial charge in [0.15, 0.2) is 0 Å². The number of carbonyl (C=O) groups is 1. The molecule has 1 aliphatic heterocycles. The van der Waals surface area contributed by atoms with Crippen LogP contribution in [-0.4, -0.2) is 37.0 Å². The SMILES string of the molecule is CCOc1ccc(CCC(=O)N2CCC(CN)CC2)cc1. The molecule has 0 spiro atoms. The standard InChI is InChI=1S/C17H26N2O2/c1-2-21-16-6-3-14(4-7-16)5-8-17(20)19-11-9-15(13-18)10-12-19/h3-4,6-7,15H,2,5,8-13,18H2,1H3. The number of amides is 1. The Labute approximate surface area is 127 Å². The van der Waals surface area contributed by atoms with E-state index in [2.05, 4.69) is 0 Å². The van der Waals surface area contributed by atoms with Crippen LogP contribution in [0.2, 0.25) is 0 Å². The molecule has 0 radical (unpaired) electrons. The van der Waals surface area contributed by atoms with Crippen LogP contribution in [0.1, 0.15) is 31.7 Å². The van der Waals surface area contributed by atoms with Crippen LogP contribution in [0, 0.1) is 5.92 Å². The first-order valence-corrected chi connectivity index (χ1v) is 7.92. The van der Waals surface area contributed by atoms with Gasteiger partial charge in [0.25, 0.3) is 0 Å². The zero-order valence-corrected chi connectivity index (χ0v) is 12.9.